The molecule has 3 unspecified atom stereocenters. The van der Waals surface area contributed by atoms with Gasteiger partial charge in [-0.2, -0.15) is 11.8 Å². The highest BCUT2D eigenvalue weighted by molar-refractivity contribution is 7.99. The number of nitrogens with zero attached hydrogens (tertiary/aromatic N) is 2. The largest absolute Gasteiger partial charge is 0.329 e. The van der Waals surface area contributed by atoms with Gasteiger partial charge in [0.05, 0.1) is 0 Å². The lowest BCUT2D eigenvalue weighted by Crippen LogP contribution is -2.67. The van der Waals surface area contributed by atoms with E-state index in [0.717, 1.165) is 25.8 Å². The zero-order chi connectivity index (χ0) is 14.9. The fraction of sp³-hybridized carbons (Fsp3) is 0.867. The Bertz CT molecular complexity index is 386. The predicted octanol–water partition coefficient (Wildman–Crippen LogP) is 1.99. The van der Waals surface area contributed by atoms with Crippen LogP contribution in [0.2, 0.25) is 0 Å². The molecule has 2 rings (SSSR count). The number of hydrogen-bond donors (Lipinski definition) is 0. The van der Waals surface area contributed by atoms with E-state index in [9.17, 15) is 9.59 Å². The van der Waals surface area contributed by atoms with E-state index in [1.165, 1.54) is 0 Å². The van der Waals surface area contributed by atoms with Crippen molar-refractivity contribution in [3.05, 3.63) is 0 Å². The Hall–Kier alpha value is -0.710. The number of carbonyl (C=O) groups is 2. The molecule has 0 aromatic rings. The van der Waals surface area contributed by atoms with Gasteiger partial charge in [-0.25, -0.2) is 0 Å². The van der Waals surface area contributed by atoms with E-state index in [1.54, 1.807) is 11.8 Å². The average molecular weight is 298 g/mol. The SMILES string of the molecule is CSC(C)CN1C(=O)C2CCCCN2C(=O)C1C(C)C. The molecule has 2 saturated heterocycles. The van der Waals surface area contributed by atoms with Crippen molar-refractivity contribution in [1.29, 1.82) is 0 Å². The smallest absolute Gasteiger partial charge is 0.246 e. The maximum atomic E-state index is 12.8. The van der Waals surface area contributed by atoms with Crippen molar-refractivity contribution in [2.24, 2.45) is 5.92 Å². The molecule has 2 heterocycles. The van der Waals surface area contributed by atoms with Gasteiger partial charge in [0, 0.05) is 18.3 Å². The van der Waals surface area contributed by atoms with E-state index in [1.807, 2.05) is 23.6 Å². The van der Waals surface area contributed by atoms with Crippen molar-refractivity contribution in [3.63, 3.8) is 0 Å². The van der Waals surface area contributed by atoms with Gasteiger partial charge in [-0.15, -0.1) is 0 Å². The van der Waals surface area contributed by atoms with Crippen molar-refractivity contribution >= 4 is 23.6 Å². The standard InChI is InChI=1S/C15H26N2O2S/c1-10(2)13-15(19)16-8-6-5-7-12(16)14(18)17(13)9-11(3)20-4/h10-13H,5-9H2,1-4H3. The molecular weight excluding hydrogens is 272 g/mol. The third kappa shape index (κ3) is 2.83. The lowest BCUT2D eigenvalue weighted by Gasteiger charge is -2.48. The molecule has 2 aliphatic rings. The second-order valence-electron chi connectivity index (χ2n) is 6.27. The van der Waals surface area contributed by atoms with Crippen molar-refractivity contribution in [2.75, 3.05) is 19.3 Å². The fourth-order valence-electron chi connectivity index (χ4n) is 3.28. The molecule has 0 aromatic heterocycles. The molecule has 0 aromatic carbocycles. The van der Waals surface area contributed by atoms with Crippen molar-refractivity contribution < 1.29 is 9.59 Å². The predicted molar refractivity (Wildman–Crippen MR) is 82.7 cm³/mol. The molecule has 3 atom stereocenters. The maximum Gasteiger partial charge on any atom is 0.246 e. The first kappa shape index (κ1) is 15.7. The lowest BCUT2D eigenvalue weighted by atomic mass is 9.90. The van der Waals surface area contributed by atoms with Crippen molar-refractivity contribution in [1.82, 2.24) is 9.80 Å². The van der Waals surface area contributed by atoms with Crippen LogP contribution >= 0.6 is 11.8 Å². The van der Waals surface area contributed by atoms with Crippen LogP contribution in [0.4, 0.5) is 0 Å². The molecule has 0 N–H and O–H groups in total. The van der Waals surface area contributed by atoms with Gasteiger partial charge in [0.2, 0.25) is 11.8 Å². The van der Waals surface area contributed by atoms with Crippen molar-refractivity contribution in [3.8, 4) is 0 Å². The number of amides is 2. The Morgan fingerprint density at radius 2 is 1.90 bits per heavy atom. The molecule has 20 heavy (non-hydrogen) atoms. The normalized spacial score (nSPS) is 28.9. The third-order valence-corrected chi connectivity index (χ3v) is 5.38. The Labute approximate surface area is 126 Å². The van der Waals surface area contributed by atoms with Gasteiger partial charge in [-0.3, -0.25) is 9.59 Å². The van der Waals surface area contributed by atoms with Gasteiger partial charge in [0.1, 0.15) is 12.1 Å². The Morgan fingerprint density at radius 1 is 1.20 bits per heavy atom. The summed E-state index contributed by atoms with van der Waals surface area (Å²) < 4.78 is 0. The molecule has 0 spiro atoms. The molecule has 0 radical (unpaired) electrons. The van der Waals surface area contributed by atoms with Gasteiger partial charge in [0.15, 0.2) is 0 Å². The Morgan fingerprint density at radius 3 is 2.50 bits per heavy atom. The molecule has 4 nitrogen and oxygen atoms in total. The highest BCUT2D eigenvalue weighted by atomic mass is 32.2. The second kappa shape index (κ2) is 6.37. The average Bonchev–Trinajstić information content (AvgIpc) is 2.44. The lowest BCUT2D eigenvalue weighted by molar-refractivity contribution is -0.165. The molecule has 2 aliphatic heterocycles. The zero-order valence-electron chi connectivity index (χ0n) is 13.0. The third-order valence-electron chi connectivity index (χ3n) is 4.43. The van der Waals surface area contributed by atoms with E-state index in [4.69, 9.17) is 0 Å². The molecular formula is C15H26N2O2S. The minimum Gasteiger partial charge on any atom is -0.329 e. The summed E-state index contributed by atoms with van der Waals surface area (Å²) in [5.41, 5.74) is 0. The molecule has 2 fully saturated rings. The number of carbonyl (C=O) groups excluding carboxylic acids is 2. The van der Waals surface area contributed by atoms with Gasteiger partial charge in [0.25, 0.3) is 0 Å². The van der Waals surface area contributed by atoms with Crippen LogP contribution in [0, 0.1) is 5.92 Å². The van der Waals surface area contributed by atoms with Crippen molar-refractivity contribution in [2.45, 2.75) is 57.4 Å². The first-order valence-electron chi connectivity index (χ1n) is 7.61. The summed E-state index contributed by atoms with van der Waals surface area (Å²) in [6.07, 6.45) is 4.97. The summed E-state index contributed by atoms with van der Waals surface area (Å²) in [7, 11) is 0. The van der Waals surface area contributed by atoms with E-state index in [-0.39, 0.29) is 29.8 Å². The van der Waals surface area contributed by atoms with Crippen LogP contribution in [0.5, 0.6) is 0 Å². The summed E-state index contributed by atoms with van der Waals surface area (Å²) >= 11 is 1.75. The van der Waals surface area contributed by atoms with Gasteiger partial charge in [-0.1, -0.05) is 20.8 Å². The van der Waals surface area contributed by atoms with Gasteiger partial charge >= 0.3 is 0 Å². The molecule has 2 amide bonds. The number of piperazine rings is 1. The number of fused-ring (bicyclic) bond motifs is 1. The van der Waals surface area contributed by atoms with Crippen LogP contribution in [-0.2, 0) is 9.59 Å². The molecule has 0 saturated carbocycles. The minimum absolute atomic E-state index is 0.164. The summed E-state index contributed by atoms with van der Waals surface area (Å²) in [6.45, 7) is 7.63. The van der Waals surface area contributed by atoms with Gasteiger partial charge < -0.3 is 9.80 Å². The van der Waals surface area contributed by atoms with Gasteiger partial charge in [-0.05, 0) is 31.4 Å². The summed E-state index contributed by atoms with van der Waals surface area (Å²) in [4.78, 5) is 29.3. The second-order valence-corrected chi connectivity index (χ2v) is 7.55. The molecule has 0 aliphatic carbocycles. The monoisotopic (exact) mass is 298 g/mol. The van der Waals surface area contributed by atoms with E-state index < -0.39 is 0 Å². The Balaban J connectivity index is 2.26. The number of piperidine rings is 1. The van der Waals surface area contributed by atoms with Crippen LogP contribution in [0.15, 0.2) is 0 Å². The van der Waals surface area contributed by atoms with Crippen LogP contribution in [0.3, 0.4) is 0 Å². The van der Waals surface area contributed by atoms with E-state index in [0.29, 0.717) is 11.8 Å². The summed E-state index contributed by atoms with van der Waals surface area (Å²) in [5, 5.41) is 0.364. The first-order chi connectivity index (χ1) is 9.47. The molecule has 5 heteroatoms. The molecule has 0 bridgehead atoms. The minimum atomic E-state index is -0.272. The fourth-order valence-corrected chi connectivity index (χ4v) is 3.59. The highest BCUT2D eigenvalue weighted by Crippen LogP contribution is 2.30. The van der Waals surface area contributed by atoms with E-state index >= 15 is 0 Å². The van der Waals surface area contributed by atoms with Crippen LogP contribution in [0.25, 0.3) is 0 Å². The maximum absolute atomic E-state index is 12.8. The zero-order valence-corrected chi connectivity index (χ0v) is 13.8. The number of thioether (sulfide) groups is 1. The quantitative estimate of drug-likeness (QED) is 0.797. The first-order valence-corrected chi connectivity index (χ1v) is 8.90. The van der Waals surface area contributed by atoms with E-state index in [2.05, 4.69) is 13.2 Å². The molecule has 114 valence electrons. The summed E-state index contributed by atoms with van der Waals surface area (Å²) in [6, 6.07) is -0.466. The van der Waals surface area contributed by atoms with Crippen LogP contribution in [0.1, 0.15) is 40.0 Å². The Kier molecular flexibility index (Phi) is 4.99. The van der Waals surface area contributed by atoms with Crippen LogP contribution < -0.4 is 0 Å². The topological polar surface area (TPSA) is 40.6 Å². The number of hydrogen-bond acceptors (Lipinski definition) is 3. The highest BCUT2D eigenvalue weighted by Gasteiger charge is 2.47. The van der Waals surface area contributed by atoms with Crippen LogP contribution in [-0.4, -0.2) is 58.3 Å². The number of rotatable bonds is 4. The summed E-state index contributed by atoms with van der Waals surface area (Å²) in [5.74, 6) is 0.505.